The van der Waals surface area contributed by atoms with Crippen molar-refractivity contribution in [2.75, 3.05) is 26.2 Å². The number of imide groups is 2. The second-order valence-corrected chi connectivity index (χ2v) is 19.7. The molecule has 3 heterocycles. The molecule has 70 heavy (non-hydrogen) atoms. The lowest BCUT2D eigenvalue weighted by atomic mass is 9.96. The lowest BCUT2D eigenvalue weighted by molar-refractivity contribution is -0.136. The maximum atomic E-state index is 14.5. The fourth-order valence-corrected chi connectivity index (χ4v) is 10.8. The fourth-order valence-electron chi connectivity index (χ4n) is 9.65. The molecule has 0 fully saturated rings. The van der Waals surface area contributed by atoms with E-state index < -0.39 is 5.97 Å². The number of hydrogen-bond donors (Lipinski definition) is 1. The molecule has 11 heteroatoms. The summed E-state index contributed by atoms with van der Waals surface area (Å²) >= 11 is 1.49. The zero-order chi connectivity index (χ0) is 49.1. The quantitative estimate of drug-likeness (QED) is 0.0358. The third kappa shape index (κ3) is 13.9. The average molecular weight is 962 g/mol. The van der Waals surface area contributed by atoms with Crippen molar-refractivity contribution >= 4 is 52.4 Å². The number of rotatable bonds is 30. The first-order valence-corrected chi connectivity index (χ1v) is 26.4. The van der Waals surface area contributed by atoms with Gasteiger partial charge in [-0.25, -0.2) is 0 Å². The molecule has 0 radical (unpaired) electrons. The lowest BCUT2D eigenvalue weighted by Crippen LogP contribution is -2.32. The Hall–Kier alpha value is -6.46. The Kier molecular flexibility index (Phi) is 19.5. The van der Waals surface area contributed by atoms with Crippen LogP contribution in [0.3, 0.4) is 0 Å². The van der Waals surface area contributed by atoms with Gasteiger partial charge in [0.2, 0.25) is 0 Å². The second kappa shape index (κ2) is 26.5. The van der Waals surface area contributed by atoms with Crippen LogP contribution in [0, 0.1) is 0 Å². The van der Waals surface area contributed by atoms with Crippen LogP contribution in [-0.4, -0.2) is 81.5 Å². The van der Waals surface area contributed by atoms with Gasteiger partial charge in [0.25, 0.3) is 29.5 Å². The minimum atomic E-state index is -0.862. The molecule has 5 aromatic rings. The van der Waals surface area contributed by atoms with E-state index in [4.69, 9.17) is 0 Å². The van der Waals surface area contributed by atoms with E-state index in [1.54, 1.807) is 48.5 Å². The van der Waals surface area contributed by atoms with Gasteiger partial charge in [-0.2, -0.15) is 0 Å². The number of carbonyl (C=O) groups is 6. The van der Waals surface area contributed by atoms with E-state index >= 15 is 0 Å². The molecule has 1 aromatic heterocycles. The van der Waals surface area contributed by atoms with Gasteiger partial charge in [0.1, 0.15) is 0 Å². The van der Waals surface area contributed by atoms with Crippen LogP contribution in [0.2, 0.25) is 0 Å². The highest BCUT2D eigenvalue weighted by molar-refractivity contribution is 7.14. The molecule has 0 saturated carbocycles. The van der Waals surface area contributed by atoms with Gasteiger partial charge >= 0.3 is 5.97 Å². The van der Waals surface area contributed by atoms with Crippen LogP contribution < -0.4 is 0 Å². The van der Waals surface area contributed by atoms with Crippen LogP contribution in [0.1, 0.15) is 182 Å². The minimum absolute atomic E-state index is 0.00576. The summed E-state index contributed by atoms with van der Waals surface area (Å²) in [6.07, 6.45) is 19.0. The zero-order valence-electron chi connectivity index (χ0n) is 40.5. The van der Waals surface area contributed by atoms with E-state index in [1.807, 2.05) is 47.4 Å². The van der Waals surface area contributed by atoms with Gasteiger partial charge in [-0.05, 0) is 84.7 Å². The number of unbranched alkanes of at least 4 members (excludes halogenated alkanes) is 14. The third-order valence-electron chi connectivity index (χ3n) is 13.5. The molecule has 4 aromatic carbocycles. The molecule has 0 atom stereocenters. The number of amides is 5. The monoisotopic (exact) mass is 961 g/mol. The largest absolute Gasteiger partial charge is 0.481 e. The molecule has 0 spiro atoms. The van der Waals surface area contributed by atoms with Crippen LogP contribution >= 0.6 is 11.3 Å². The van der Waals surface area contributed by atoms with Crippen molar-refractivity contribution in [1.29, 1.82) is 0 Å². The minimum Gasteiger partial charge on any atom is -0.481 e. The third-order valence-corrected chi connectivity index (χ3v) is 14.7. The number of carbonyl (C=O) groups excluding carboxylic acids is 5. The van der Waals surface area contributed by atoms with Gasteiger partial charge in [0.05, 0.1) is 27.1 Å². The molecule has 366 valence electrons. The SMILES string of the molecule is O=C(O)CCc1cc(C(=O)N(CCCCCCCCCCN2C(=O)c3ccccc3C2=O)CCCCCCCCCCN2C(=O)c3ccccc3C2=O)sc1CC=C(c1ccccc1)c1ccccc1. The summed E-state index contributed by atoms with van der Waals surface area (Å²) in [7, 11) is 0. The molecule has 7 rings (SSSR count). The second-order valence-electron chi connectivity index (χ2n) is 18.6. The number of hydrogen-bond acceptors (Lipinski definition) is 7. The molecule has 0 saturated heterocycles. The zero-order valence-corrected chi connectivity index (χ0v) is 41.3. The highest BCUT2D eigenvalue weighted by Crippen LogP contribution is 2.31. The van der Waals surface area contributed by atoms with Crippen LogP contribution in [0.15, 0.2) is 121 Å². The molecular formula is C59H67N3O7S. The van der Waals surface area contributed by atoms with Crippen molar-refractivity contribution in [2.45, 2.75) is 122 Å². The summed E-state index contributed by atoms with van der Waals surface area (Å²) in [6, 6.07) is 36.5. The van der Waals surface area contributed by atoms with Crippen molar-refractivity contribution in [3.63, 3.8) is 0 Å². The van der Waals surface area contributed by atoms with E-state index in [0.29, 0.717) is 66.2 Å². The molecule has 2 aliphatic heterocycles. The fraction of sp³-hybridized carbons (Fsp3) is 0.390. The van der Waals surface area contributed by atoms with Gasteiger partial charge in [-0.1, -0.05) is 168 Å². The molecular weight excluding hydrogens is 895 g/mol. The Balaban J connectivity index is 0.895. The standard InChI is InChI=1S/C59H67N3O7S/c63-54(64)38-35-46-43-53(70-52(46)37-36-47(44-27-15-13-16-28-44)45-29-17-14-18-30-45)59(69)60(39-23-9-5-1-3-7-11-25-41-61-55(65)48-31-19-20-32-49(48)56(61)66)40-24-10-6-2-4-8-12-26-42-62-57(67)50-33-21-22-34-51(50)58(62)68/h13-22,27-34,36,43H,1-12,23-26,35,37-42H2,(H,63,64). The summed E-state index contributed by atoms with van der Waals surface area (Å²) in [5.41, 5.74) is 6.20. The predicted octanol–water partition coefficient (Wildman–Crippen LogP) is 12.7. The van der Waals surface area contributed by atoms with Gasteiger partial charge in [-0.3, -0.25) is 38.6 Å². The van der Waals surface area contributed by atoms with Gasteiger partial charge in [0.15, 0.2) is 0 Å². The van der Waals surface area contributed by atoms with Gasteiger partial charge in [-0.15, -0.1) is 11.3 Å². The summed E-state index contributed by atoms with van der Waals surface area (Å²) in [4.78, 5) is 83.5. The lowest BCUT2D eigenvalue weighted by Gasteiger charge is -2.22. The van der Waals surface area contributed by atoms with Gasteiger partial charge < -0.3 is 10.0 Å². The summed E-state index contributed by atoms with van der Waals surface area (Å²) in [6.45, 7) is 2.23. The molecule has 5 amide bonds. The average Bonchev–Trinajstić information content (AvgIpc) is 3.99. The predicted molar refractivity (Wildman–Crippen MR) is 277 cm³/mol. The Labute approximate surface area is 417 Å². The van der Waals surface area contributed by atoms with E-state index in [0.717, 1.165) is 130 Å². The Morgan fingerprint density at radius 2 is 0.871 bits per heavy atom. The number of thiophene rings is 1. The Morgan fingerprint density at radius 3 is 1.27 bits per heavy atom. The Bertz CT molecular complexity index is 2400. The first-order chi connectivity index (χ1) is 34.2. The number of allylic oxidation sites excluding steroid dienone is 1. The van der Waals surface area contributed by atoms with Crippen molar-refractivity contribution in [3.8, 4) is 0 Å². The summed E-state index contributed by atoms with van der Waals surface area (Å²) in [5.74, 6) is -1.61. The number of benzene rings is 4. The number of fused-ring (bicyclic) bond motifs is 2. The van der Waals surface area contributed by atoms with Crippen LogP contribution in [0.25, 0.3) is 5.57 Å². The molecule has 10 nitrogen and oxygen atoms in total. The Morgan fingerprint density at radius 1 is 0.500 bits per heavy atom. The van der Waals surface area contributed by atoms with Crippen molar-refractivity contribution in [1.82, 2.24) is 14.7 Å². The topological polar surface area (TPSA) is 132 Å². The highest BCUT2D eigenvalue weighted by atomic mass is 32.1. The van der Waals surface area contributed by atoms with E-state index in [2.05, 4.69) is 30.3 Å². The molecule has 0 unspecified atom stereocenters. The van der Waals surface area contributed by atoms with Crippen molar-refractivity contribution < 1.29 is 33.9 Å². The summed E-state index contributed by atoms with van der Waals surface area (Å²) in [5, 5.41) is 9.65. The van der Waals surface area contributed by atoms with E-state index in [1.165, 1.54) is 21.1 Å². The molecule has 0 aliphatic carbocycles. The first-order valence-electron chi connectivity index (χ1n) is 25.6. The van der Waals surface area contributed by atoms with Crippen molar-refractivity contribution in [2.24, 2.45) is 0 Å². The number of aliphatic carboxylic acids is 1. The van der Waals surface area contributed by atoms with Crippen molar-refractivity contribution in [3.05, 3.63) is 170 Å². The van der Waals surface area contributed by atoms with E-state index in [-0.39, 0.29) is 36.0 Å². The molecule has 1 N–H and O–H groups in total. The smallest absolute Gasteiger partial charge is 0.303 e. The van der Waals surface area contributed by atoms with Gasteiger partial charge in [0, 0.05) is 43.9 Å². The summed E-state index contributed by atoms with van der Waals surface area (Å²) < 4.78 is 0. The highest BCUT2D eigenvalue weighted by Gasteiger charge is 2.35. The number of carboxylic acids is 1. The van der Waals surface area contributed by atoms with Crippen LogP contribution in [0.4, 0.5) is 0 Å². The maximum Gasteiger partial charge on any atom is 0.303 e. The first kappa shape index (κ1) is 51.4. The van der Waals surface area contributed by atoms with E-state index in [9.17, 15) is 33.9 Å². The molecule has 2 aliphatic rings. The van der Waals surface area contributed by atoms with Crippen LogP contribution in [0.5, 0.6) is 0 Å². The van der Waals surface area contributed by atoms with Crippen LogP contribution in [-0.2, 0) is 17.6 Å². The number of aryl methyl sites for hydroxylation is 1. The molecule has 0 bridgehead atoms. The maximum absolute atomic E-state index is 14.5. The number of nitrogens with zero attached hydrogens (tertiary/aromatic N) is 3. The number of carboxylic acid groups (broad SMARTS) is 1. The normalized spacial score (nSPS) is 13.0.